The van der Waals surface area contributed by atoms with Gasteiger partial charge in [-0.25, -0.2) is 13.1 Å². The fourth-order valence-corrected chi connectivity index (χ4v) is 3.01. The van der Waals surface area contributed by atoms with E-state index in [4.69, 9.17) is 0 Å². The summed E-state index contributed by atoms with van der Waals surface area (Å²) in [6.45, 7) is -3.53. The highest BCUT2D eigenvalue weighted by atomic mass is 32.2. The average molecular weight is 381 g/mol. The number of rotatable bonds is 6. The Hall–Kier alpha value is -2.20. The van der Waals surface area contributed by atoms with Crippen molar-refractivity contribution in [1.29, 1.82) is 0 Å². The molecule has 0 aliphatic carbocycles. The highest BCUT2D eigenvalue weighted by Crippen LogP contribution is 2.30. The predicted octanol–water partition coefficient (Wildman–Crippen LogP) is 3.79. The summed E-state index contributed by atoms with van der Waals surface area (Å²) >= 11 is 0. The third kappa shape index (κ3) is 5.13. The van der Waals surface area contributed by atoms with Gasteiger partial charge in [0, 0.05) is 12.1 Å². The van der Waals surface area contributed by atoms with E-state index in [0.29, 0.717) is 6.07 Å². The van der Waals surface area contributed by atoms with Crippen molar-refractivity contribution in [3.63, 3.8) is 0 Å². The Balaban J connectivity index is 2.21. The molecule has 0 heterocycles. The minimum absolute atomic E-state index is 0.110. The van der Waals surface area contributed by atoms with Crippen LogP contribution >= 0.6 is 0 Å². The Morgan fingerprint density at radius 1 is 1.04 bits per heavy atom. The van der Waals surface area contributed by atoms with Gasteiger partial charge in [-0.15, -0.1) is 0 Å². The molecule has 0 saturated heterocycles. The smallest absolute Gasteiger partial charge is 0.416 e. The van der Waals surface area contributed by atoms with Gasteiger partial charge in [-0.05, 0) is 24.3 Å². The second-order valence-electron chi connectivity index (χ2n) is 4.84. The van der Waals surface area contributed by atoms with Gasteiger partial charge in [-0.2, -0.15) is 22.0 Å². The summed E-state index contributed by atoms with van der Waals surface area (Å²) in [6.07, 6.45) is -4.69. The maximum atomic E-state index is 12.7. The van der Waals surface area contributed by atoms with Crippen molar-refractivity contribution in [3.8, 4) is 5.75 Å². The molecule has 0 atom stereocenters. The number of nitrogens with one attached hydrogen (secondary N) is 1. The van der Waals surface area contributed by atoms with Crippen molar-refractivity contribution < 1.29 is 35.1 Å². The molecule has 1 N–H and O–H groups in total. The van der Waals surface area contributed by atoms with Crippen LogP contribution < -0.4 is 9.46 Å². The Kier molecular flexibility index (Phi) is 5.63. The van der Waals surface area contributed by atoms with Crippen LogP contribution in [0.2, 0.25) is 0 Å². The molecule has 2 aromatic rings. The molecule has 0 aromatic heterocycles. The summed E-state index contributed by atoms with van der Waals surface area (Å²) in [4.78, 5) is -0.588. The first-order valence-corrected chi connectivity index (χ1v) is 8.27. The molecule has 0 saturated carbocycles. The first kappa shape index (κ1) is 19.1. The van der Waals surface area contributed by atoms with Gasteiger partial charge in [0.05, 0.1) is 10.5 Å². The number of para-hydroxylation sites is 1. The van der Waals surface area contributed by atoms with Gasteiger partial charge in [-0.1, -0.05) is 24.3 Å². The molecule has 0 aliphatic heterocycles. The van der Waals surface area contributed by atoms with Crippen LogP contribution in [0, 0.1) is 0 Å². The lowest BCUT2D eigenvalue weighted by atomic mass is 10.2. The fraction of sp³-hybridized carbons (Fsp3) is 0.200. The molecule has 4 nitrogen and oxygen atoms in total. The first-order valence-electron chi connectivity index (χ1n) is 6.79. The van der Waals surface area contributed by atoms with Crippen molar-refractivity contribution in [2.24, 2.45) is 0 Å². The summed E-state index contributed by atoms with van der Waals surface area (Å²) in [7, 11) is -4.28. The van der Waals surface area contributed by atoms with Crippen molar-refractivity contribution in [1.82, 2.24) is 4.72 Å². The average Bonchev–Trinajstić information content (AvgIpc) is 2.53. The van der Waals surface area contributed by atoms with Gasteiger partial charge in [0.15, 0.2) is 0 Å². The van der Waals surface area contributed by atoms with Crippen LogP contribution in [0.3, 0.4) is 0 Å². The number of hydrogen-bond donors (Lipinski definition) is 1. The van der Waals surface area contributed by atoms with E-state index in [0.717, 1.165) is 18.2 Å². The van der Waals surface area contributed by atoms with Gasteiger partial charge in [0.1, 0.15) is 5.75 Å². The van der Waals surface area contributed by atoms with Crippen molar-refractivity contribution in [2.45, 2.75) is 24.2 Å². The number of hydrogen-bond acceptors (Lipinski definition) is 3. The number of alkyl halides is 5. The van der Waals surface area contributed by atoms with E-state index >= 15 is 0 Å². The van der Waals surface area contributed by atoms with E-state index in [1.165, 1.54) is 24.3 Å². The molecule has 0 unspecified atom stereocenters. The summed E-state index contributed by atoms with van der Waals surface area (Å²) in [5.74, 6) is -0.232. The molecule has 2 aromatic carbocycles. The number of ether oxygens (including phenoxy) is 1. The second kappa shape index (κ2) is 7.36. The first-order chi connectivity index (χ1) is 11.6. The second-order valence-corrected chi connectivity index (χ2v) is 6.60. The zero-order valence-electron chi connectivity index (χ0n) is 12.4. The zero-order valence-corrected chi connectivity index (χ0v) is 13.2. The van der Waals surface area contributed by atoms with E-state index in [-0.39, 0.29) is 11.3 Å². The normalized spacial score (nSPS) is 12.4. The molecule has 25 heavy (non-hydrogen) atoms. The van der Waals surface area contributed by atoms with Crippen molar-refractivity contribution in [3.05, 3.63) is 59.7 Å². The maximum Gasteiger partial charge on any atom is 0.416 e. The van der Waals surface area contributed by atoms with E-state index < -0.39 is 39.8 Å². The summed E-state index contributed by atoms with van der Waals surface area (Å²) in [5, 5.41) is 0. The molecule has 0 aliphatic rings. The number of sulfonamides is 1. The largest absolute Gasteiger partial charge is 0.434 e. The van der Waals surface area contributed by atoms with Crippen molar-refractivity contribution in [2.75, 3.05) is 0 Å². The highest BCUT2D eigenvalue weighted by Gasteiger charge is 2.31. The van der Waals surface area contributed by atoms with Gasteiger partial charge in [0.25, 0.3) is 0 Å². The lowest BCUT2D eigenvalue weighted by Gasteiger charge is -2.13. The summed E-state index contributed by atoms with van der Waals surface area (Å²) < 4.78 is 93.3. The number of benzene rings is 2. The lowest BCUT2D eigenvalue weighted by Crippen LogP contribution is -2.24. The maximum absolute atomic E-state index is 12.7. The Morgan fingerprint density at radius 2 is 1.72 bits per heavy atom. The summed E-state index contributed by atoms with van der Waals surface area (Å²) in [6, 6.07) is 8.67. The Bertz CT molecular complexity index is 837. The van der Waals surface area contributed by atoms with E-state index in [1.54, 1.807) is 0 Å². The standard InChI is InChI=1S/C15H12F5NO3S/c16-14(17)24-13-7-2-1-4-10(13)9-21-25(22,23)12-6-3-5-11(8-12)15(18,19)20/h1-8,14,21H,9H2. The van der Waals surface area contributed by atoms with Gasteiger partial charge in [0.2, 0.25) is 10.0 Å². The van der Waals surface area contributed by atoms with Crippen LogP contribution in [-0.4, -0.2) is 15.0 Å². The van der Waals surface area contributed by atoms with Gasteiger partial charge < -0.3 is 4.74 Å². The van der Waals surface area contributed by atoms with Crippen LogP contribution in [0.4, 0.5) is 22.0 Å². The monoisotopic (exact) mass is 381 g/mol. The molecule has 0 spiro atoms. The fourth-order valence-electron chi connectivity index (χ4n) is 1.96. The van der Waals surface area contributed by atoms with E-state index in [1.807, 2.05) is 0 Å². The lowest BCUT2D eigenvalue weighted by molar-refractivity contribution is -0.137. The van der Waals surface area contributed by atoms with Gasteiger partial charge >= 0.3 is 12.8 Å². The molecule has 10 heteroatoms. The van der Waals surface area contributed by atoms with E-state index in [2.05, 4.69) is 9.46 Å². The third-order valence-electron chi connectivity index (χ3n) is 3.11. The predicted molar refractivity (Wildman–Crippen MR) is 78.5 cm³/mol. The molecule has 0 bridgehead atoms. The third-order valence-corrected chi connectivity index (χ3v) is 4.51. The van der Waals surface area contributed by atoms with Crippen LogP contribution in [0.25, 0.3) is 0 Å². The van der Waals surface area contributed by atoms with Gasteiger partial charge in [-0.3, -0.25) is 0 Å². The zero-order chi connectivity index (χ0) is 18.7. The van der Waals surface area contributed by atoms with Crippen molar-refractivity contribution >= 4 is 10.0 Å². The Morgan fingerprint density at radius 3 is 2.36 bits per heavy atom. The molecule has 2 rings (SSSR count). The summed E-state index contributed by atoms with van der Waals surface area (Å²) in [5.41, 5.74) is -1.00. The molecule has 0 radical (unpaired) electrons. The SMILES string of the molecule is O=S(=O)(NCc1ccccc1OC(F)F)c1cccc(C(F)(F)F)c1. The minimum atomic E-state index is -4.69. The Labute approximate surface area is 140 Å². The topological polar surface area (TPSA) is 55.4 Å². The molecule has 0 amide bonds. The van der Waals surface area contributed by atoms with E-state index in [9.17, 15) is 30.4 Å². The van der Waals surface area contributed by atoms with Crippen LogP contribution in [-0.2, 0) is 22.7 Å². The highest BCUT2D eigenvalue weighted by molar-refractivity contribution is 7.89. The quantitative estimate of drug-likeness (QED) is 0.775. The molecular formula is C15H12F5NO3S. The number of halogens is 5. The molecule has 136 valence electrons. The van der Waals surface area contributed by atoms with Crippen LogP contribution in [0.15, 0.2) is 53.4 Å². The molecular weight excluding hydrogens is 369 g/mol. The minimum Gasteiger partial charge on any atom is -0.434 e. The molecule has 0 fully saturated rings. The van der Waals surface area contributed by atoms with Crippen LogP contribution in [0.5, 0.6) is 5.75 Å². The van der Waals surface area contributed by atoms with Crippen LogP contribution in [0.1, 0.15) is 11.1 Å².